The first-order chi connectivity index (χ1) is 16.7. The summed E-state index contributed by atoms with van der Waals surface area (Å²) < 4.78 is 18.6. The van der Waals surface area contributed by atoms with Gasteiger partial charge in [0, 0.05) is 6.42 Å². The van der Waals surface area contributed by atoms with Crippen LogP contribution in [0.15, 0.2) is 103 Å². The zero-order chi connectivity index (χ0) is 23.6. The van der Waals surface area contributed by atoms with E-state index in [-0.39, 0.29) is 6.42 Å². The maximum atomic E-state index is 11.6. The van der Waals surface area contributed by atoms with E-state index in [2.05, 4.69) is 0 Å². The van der Waals surface area contributed by atoms with E-state index in [0.29, 0.717) is 42.6 Å². The Kier molecular flexibility index (Phi) is 8.20. The van der Waals surface area contributed by atoms with Gasteiger partial charge < -0.3 is 14.2 Å². The van der Waals surface area contributed by atoms with Gasteiger partial charge in [0.2, 0.25) is 11.0 Å². The van der Waals surface area contributed by atoms with Crippen molar-refractivity contribution < 1.29 is 19.0 Å². The van der Waals surface area contributed by atoms with Crippen LogP contribution in [0.5, 0.6) is 17.2 Å². The summed E-state index contributed by atoms with van der Waals surface area (Å²) in [5, 5.41) is -0.457. The van der Waals surface area contributed by atoms with Crippen LogP contribution in [0.25, 0.3) is 0 Å². The van der Waals surface area contributed by atoms with Crippen LogP contribution in [-0.2, 0) is 31.0 Å². The number of ether oxygens (including phenoxy) is 3. The highest BCUT2D eigenvalue weighted by Gasteiger charge is 2.18. The molecule has 0 fully saturated rings. The Labute approximate surface area is 204 Å². The Morgan fingerprint density at radius 1 is 0.559 bits per heavy atom. The van der Waals surface area contributed by atoms with E-state index >= 15 is 0 Å². The van der Waals surface area contributed by atoms with Gasteiger partial charge in [0.15, 0.2) is 11.5 Å². The molecule has 0 aromatic heterocycles. The maximum Gasteiger partial charge on any atom is 0.226 e. The van der Waals surface area contributed by atoms with E-state index < -0.39 is 5.24 Å². The Hall–Kier alpha value is -3.76. The Morgan fingerprint density at radius 3 is 1.32 bits per heavy atom. The third-order valence-corrected chi connectivity index (χ3v) is 5.26. The molecule has 0 saturated heterocycles. The highest BCUT2D eigenvalue weighted by Crippen LogP contribution is 2.40. The van der Waals surface area contributed by atoms with Gasteiger partial charge in [0.25, 0.3) is 0 Å². The van der Waals surface area contributed by atoms with E-state index in [1.807, 2.05) is 91.0 Å². The van der Waals surface area contributed by atoms with Gasteiger partial charge in [0.1, 0.15) is 19.8 Å². The minimum atomic E-state index is -0.457. The monoisotopic (exact) mass is 472 g/mol. The van der Waals surface area contributed by atoms with Gasteiger partial charge in [-0.2, -0.15) is 0 Å². The number of benzene rings is 4. The molecule has 4 aromatic rings. The smallest absolute Gasteiger partial charge is 0.226 e. The van der Waals surface area contributed by atoms with Crippen molar-refractivity contribution in [2.75, 3.05) is 0 Å². The molecular weight excluding hydrogens is 448 g/mol. The van der Waals surface area contributed by atoms with Crippen LogP contribution in [0.1, 0.15) is 22.3 Å². The van der Waals surface area contributed by atoms with Crippen molar-refractivity contribution in [1.29, 1.82) is 0 Å². The second-order valence-electron chi connectivity index (χ2n) is 7.78. The molecule has 0 bridgehead atoms. The predicted octanol–water partition coefficient (Wildman–Crippen LogP) is 6.73. The third kappa shape index (κ3) is 6.87. The van der Waals surface area contributed by atoms with Gasteiger partial charge >= 0.3 is 0 Å². The summed E-state index contributed by atoms with van der Waals surface area (Å²) >= 11 is 5.69. The lowest BCUT2D eigenvalue weighted by atomic mass is 10.1. The Morgan fingerprint density at radius 2 is 0.941 bits per heavy atom. The molecule has 4 aromatic carbocycles. The second-order valence-corrected chi connectivity index (χ2v) is 8.20. The third-order valence-electron chi connectivity index (χ3n) is 5.12. The molecule has 4 rings (SSSR count). The van der Waals surface area contributed by atoms with Crippen LogP contribution >= 0.6 is 11.6 Å². The standard InChI is InChI=1S/C29H25ClO4/c30-28(31)18-25-16-26(32-19-22-10-4-1-5-11-22)29(34-21-24-14-8-3-9-15-24)27(17-25)33-20-23-12-6-2-7-13-23/h1-17H,18-21H2. The van der Waals surface area contributed by atoms with Crippen molar-refractivity contribution >= 4 is 16.8 Å². The fourth-order valence-corrected chi connectivity index (χ4v) is 3.60. The van der Waals surface area contributed by atoms with Crippen molar-refractivity contribution in [1.82, 2.24) is 0 Å². The Bertz CT molecular complexity index is 1130. The van der Waals surface area contributed by atoms with Gasteiger partial charge in [-0.25, -0.2) is 0 Å². The summed E-state index contributed by atoms with van der Waals surface area (Å²) in [7, 11) is 0. The quantitative estimate of drug-likeness (QED) is 0.227. The summed E-state index contributed by atoms with van der Waals surface area (Å²) in [5.41, 5.74) is 3.74. The Balaban J connectivity index is 1.65. The van der Waals surface area contributed by atoms with E-state index in [4.69, 9.17) is 25.8 Å². The van der Waals surface area contributed by atoms with Crippen LogP contribution in [0.4, 0.5) is 0 Å². The molecular formula is C29H25ClO4. The lowest BCUT2D eigenvalue weighted by molar-refractivity contribution is -0.111. The molecule has 0 unspecified atom stereocenters. The molecule has 0 aliphatic heterocycles. The van der Waals surface area contributed by atoms with E-state index in [0.717, 1.165) is 16.7 Å². The number of carbonyl (C=O) groups is 1. The van der Waals surface area contributed by atoms with Crippen LogP contribution in [0, 0.1) is 0 Å². The van der Waals surface area contributed by atoms with Gasteiger partial charge in [-0.05, 0) is 46.0 Å². The number of hydrogen-bond donors (Lipinski definition) is 0. The molecule has 0 amide bonds. The molecule has 0 spiro atoms. The summed E-state index contributed by atoms with van der Waals surface area (Å²) in [6.07, 6.45) is 0.0594. The predicted molar refractivity (Wildman–Crippen MR) is 133 cm³/mol. The van der Waals surface area contributed by atoms with Crippen molar-refractivity contribution in [2.45, 2.75) is 26.2 Å². The average Bonchev–Trinajstić information content (AvgIpc) is 2.87. The number of rotatable bonds is 11. The molecule has 172 valence electrons. The molecule has 0 aliphatic rings. The lowest BCUT2D eigenvalue weighted by Crippen LogP contribution is -2.06. The fourth-order valence-electron chi connectivity index (χ4n) is 3.45. The topological polar surface area (TPSA) is 44.8 Å². The second kappa shape index (κ2) is 11.9. The van der Waals surface area contributed by atoms with Crippen molar-refractivity contribution in [3.63, 3.8) is 0 Å². The molecule has 4 nitrogen and oxygen atoms in total. The van der Waals surface area contributed by atoms with Gasteiger partial charge in [-0.1, -0.05) is 91.0 Å². The molecule has 0 saturated carbocycles. The lowest BCUT2D eigenvalue weighted by Gasteiger charge is -2.19. The molecule has 0 radical (unpaired) electrons. The first-order valence-electron chi connectivity index (χ1n) is 11.0. The van der Waals surface area contributed by atoms with Crippen molar-refractivity contribution in [3.8, 4) is 17.2 Å². The average molecular weight is 473 g/mol. The number of carbonyl (C=O) groups excluding carboxylic acids is 1. The number of hydrogen-bond acceptors (Lipinski definition) is 4. The van der Waals surface area contributed by atoms with Crippen LogP contribution in [0.2, 0.25) is 0 Å². The first kappa shape index (κ1) is 23.4. The summed E-state index contributed by atoms with van der Waals surface area (Å²) in [5.74, 6) is 1.48. The van der Waals surface area contributed by atoms with Gasteiger partial charge in [-0.15, -0.1) is 0 Å². The molecule has 0 atom stereocenters. The summed E-state index contributed by atoms with van der Waals surface area (Å²) in [4.78, 5) is 11.6. The first-order valence-corrected chi connectivity index (χ1v) is 11.4. The van der Waals surface area contributed by atoms with Crippen molar-refractivity contribution in [2.24, 2.45) is 0 Å². The zero-order valence-corrected chi connectivity index (χ0v) is 19.4. The SMILES string of the molecule is O=C(Cl)Cc1cc(OCc2ccccc2)c(OCc2ccccc2)c(OCc2ccccc2)c1. The van der Waals surface area contributed by atoms with Crippen LogP contribution in [0.3, 0.4) is 0 Å². The molecule has 0 heterocycles. The van der Waals surface area contributed by atoms with Gasteiger partial charge in [-0.3, -0.25) is 4.79 Å². The van der Waals surface area contributed by atoms with Crippen molar-refractivity contribution in [3.05, 3.63) is 125 Å². The zero-order valence-electron chi connectivity index (χ0n) is 18.7. The minimum Gasteiger partial charge on any atom is -0.485 e. The molecule has 0 aliphatic carbocycles. The largest absolute Gasteiger partial charge is 0.485 e. The highest BCUT2D eigenvalue weighted by atomic mass is 35.5. The molecule has 34 heavy (non-hydrogen) atoms. The summed E-state index contributed by atoms with van der Waals surface area (Å²) in [6, 6.07) is 33.2. The van der Waals surface area contributed by atoms with E-state index in [1.54, 1.807) is 12.1 Å². The molecule has 5 heteroatoms. The highest BCUT2D eigenvalue weighted by molar-refractivity contribution is 6.63. The van der Waals surface area contributed by atoms with E-state index in [1.165, 1.54) is 0 Å². The van der Waals surface area contributed by atoms with Gasteiger partial charge in [0.05, 0.1) is 0 Å². The normalized spacial score (nSPS) is 10.5. The molecule has 0 N–H and O–H groups in total. The van der Waals surface area contributed by atoms with E-state index in [9.17, 15) is 4.79 Å². The number of halogens is 1. The minimum absolute atomic E-state index is 0.0594. The fraction of sp³-hybridized carbons (Fsp3) is 0.138. The van der Waals surface area contributed by atoms with Crippen LogP contribution in [-0.4, -0.2) is 5.24 Å². The maximum absolute atomic E-state index is 11.6. The van der Waals surface area contributed by atoms with Crippen LogP contribution < -0.4 is 14.2 Å². The summed E-state index contributed by atoms with van der Waals surface area (Å²) in [6.45, 7) is 1.04.